The number of ether oxygens (including phenoxy) is 1. The van der Waals surface area contributed by atoms with Gasteiger partial charge in [0, 0.05) is 23.6 Å². The van der Waals surface area contributed by atoms with Gasteiger partial charge in [-0.1, -0.05) is 30.3 Å². The Morgan fingerprint density at radius 1 is 1.05 bits per heavy atom. The fraction of sp³-hybridized carbons (Fsp3) is 0.167. The Bertz CT molecular complexity index is 800. The number of pyridine rings is 1. The predicted octanol–water partition coefficient (Wildman–Crippen LogP) is 3.79. The summed E-state index contributed by atoms with van der Waals surface area (Å²) in [4.78, 5) is 4.33. The first kappa shape index (κ1) is 12.4. The van der Waals surface area contributed by atoms with Crippen LogP contribution in [0.15, 0.2) is 60.8 Å². The van der Waals surface area contributed by atoms with Crippen LogP contribution in [0.1, 0.15) is 29.8 Å². The minimum absolute atomic E-state index is 0.125. The van der Waals surface area contributed by atoms with Gasteiger partial charge in [-0.05, 0) is 29.8 Å². The van der Waals surface area contributed by atoms with Gasteiger partial charge >= 0.3 is 0 Å². The van der Waals surface area contributed by atoms with Crippen molar-refractivity contribution in [2.45, 2.75) is 18.6 Å². The van der Waals surface area contributed by atoms with E-state index in [0.717, 1.165) is 27.8 Å². The highest BCUT2D eigenvalue weighted by molar-refractivity contribution is 5.79. The predicted molar refractivity (Wildman–Crippen MR) is 81.1 cm³/mol. The van der Waals surface area contributed by atoms with Crippen molar-refractivity contribution in [3.63, 3.8) is 0 Å². The highest BCUT2D eigenvalue weighted by Crippen LogP contribution is 2.40. The molecular formula is C18H15NO2. The molecule has 3 nitrogen and oxygen atoms in total. The van der Waals surface area contributed by atoms with Crippen LogP contribution in [0.3, 0.4) is 0 Å². The highest BCUT2D eigenvalue weighted by Gasteiger charge is 2.27. The number of hydrogen-bond acceptors (Lipinski definition) is 3. The maximum Gasteiger partial charge on any atom is 0.127 e. The molecule has 0 saturated carbocycles. The zero-order valence-electron chi connectivity index (χ0n) is 11.4. The summed E-state index contributed by atoms with van der Waals surface area (Å²) < 4.78 is 6.06. The third kappa shape index (κ3) is 2.16. The Labute approximate surface area is 122 Å². The summed E-state index contributed by atoms with van der Waals surface area (Å²) in [5.41, 5.74) is 2.92. The molecule has 0 saturated heterocycles. The normalized spacial score (nSPS) is 20.8. The summed E-state index contributed by atoms with van der Waals surface area (Å²) >= 11 is 0. The molecule has 1 aromatic heterocycles. The van der Waals surface area contributed by atoms with E-state index in [1.54, 1.807) is 6.20 Å². The van der Waals surface area contributed by atoms with E-state index in [-0.39, 0.29) is 6.10 Å². The van der Waals surface area contributed by atoms with Gasteiger partial charge in [-0.25, -0.2) is 0 Å². The first-order valence-corrected chi connectivity index (χ1v) is 7.09. The number of nitrogens with zero attached hydrogens (tertiary/aromatic N) is 1. The van der Waals surface area contributed by atoms with Crippen molar-refractivity contribution in [2.24, 2.45) is 0 Å². The minimum Gasteiger partial charge on any atom is -0.485 e. The highest BCUT2D eigenvalue weighted by atomic mass is 16.5. The molecule has 1 aliphatic rings. The first-order valence-electron chi connectivity index (χ1n) is 7.09. The second-order valence-electron chi connectivity index (χ2n) is 5.35. The van der Waals surface area contributed by atoms with Crippen molar-refractivity contribution < 1.29 is 9.84 Å². The van der Waals surface area contributed by atoms with Crippen molar-refractivity contribution in [1.82, 2.24) is 4.98 Å². The Balaban J connectivity index is 1.73. The molecule has 4 rings (SSSR count). The number of benzene rings is 2. The minimum atomic E-state index is -0.482. The van der Waals surface area contributed by atoms with Crippen molar-refractivity contribution in [3.8, 4) is 5.75 Å². The van der Waals surface area contributed by atoms with Crippen LogP contribution in [0, 0.1) is 0 Å². The summed E-state index contributed by atoms with van der Waals surface area (Å²) in [5.74, 6) is 0.771. The van der Waals surface area contributed by atoms with E-state index in [4.69, 9.17) is 4.74 Å². The molecule has 0 amide bonds. The molecule has 3 heteroatoms. The largest absolute Gasteiger partial charge is 0.485 e. The van der Waals surface area contributed by atoms with Crippen LogP contribution in [0.25, 0.3) is 10.9 Å². The third-order valence-electron chi connectivity index (χ3n) is 3.98. The van der Waals surface area contributed by atoms with Gasteiger partial charge in [0.2, 0.25) is 0 Å². The molecule has 0 aliphatic carbocycles. The summed E-state index contributed by atoms with van der Waals surface area (Å²) in [7, 11) is 0. The molecule has 21 heavy (non-hydrogen) atoms. The molecule has 1 unspecified atom stereocenters. The molecule has 1 N–H and O–H groups in total. The van der Waals surface area contributed by atoms with Gasteiger partial charge in [0.1, 0.15) is 11.9 Å². The Kier molecular flexibility index (Phi) is 2.86. The molecule has 0 fully saturated rings. The molecular weight excluding hydrogens is 262 g/mol. The monoisotopic (exact) mass is 277 g/mol. The van der Waals surface area contributed by atoms with Gasteiger partial charge in [0.05, 0.1) is 11.6 Å². The van der Waals surface area contributed by atoms with Crippen molar-refractivity contribution >= 4 is 10.9 Å². The summed E-state index contributed by atoms with van der Waals surface area (Å²) in [6.45, 7) is 0. The number of para-hydroxylation sites is 1. The third-order valence-corrected chi connectivity index (χ3v) is 3.98. The lowest BCUT2D eigenvalue weighted by Gasteiger charge is -2.30. The average Bonchev–Trinajstić information content (AvgIpc) is 2.54. The number of fused-ring (bicyclic) bond motifs is 2. The van der Waals surface area contributed by atoms with E-state index in [2.05, 4.69) is 11.1 Å². The first-order chi connectivity index (χ1) is 10.3. The summed E-state index contributed by atoms with van der Waals surface area (Å²) in [6.07, 6.45) is 1.76. The Morgan fingerprint density at radius 2 is 1.95 bits per heavy atom. The van der Waals surface area contributed by atoms with E-state index in [1.165, 1.54) is 0 Å². The van der Waals surface area contributed by atoms with Gasteiger partial charge in [-0.3, -0.25) is 4.98 Å². The van der Waals surface area contributed by atoms with Crippen molar-refractivity contribution in [3.05, 3.63) is 71.9 Å². The summed E-state index contributed by atoms with van der Waals surface area (Å²) in [5, 5.41) is 11.4. The molecule has 0 spiro atoms. The van der Waals surface area contributed by atoms with E-state index >= 15 is 0 Å². The zero-order chi connectivity index (χ0) is 14.2. The van der Waals surface area contributed by atoms with E-state index < -0.39 is 6.10 Å². The molecule has 1 aliphatic heterocycles. The van der Waals surface area contributed by atoms with E-state index in [1.807, 2.05) is 48.5 Å². The van der Waals surface area contributed by atoms with Crippen LogP contribution in [-0.2, 0) is 0 Å². The maximum atomic E-state index is 10.3. The van der Waals surface area contributed by atoms with Crippen LogP contribution < -0.4 is 4.74 Å². The van der Waals surface area contributed by atoms with Gasteiger partial charge < -0.3 is 9.84 Å². The smallest absolute Gasteiger partial charge is 0.127 e. The number of aliphatic hydroxyl groups excluding tert-OH is 1. The number of hydrogen-bond donors (Lipinski definition) is 1. The van der Waals surface area contributed by atoms with Crippen LogP contribution >= 0.6 is 0 Å². The van der Waals surface area contributed by atoms with Crippen LogP contribution in [0.4, 0.5) is 0 Å². The SMILES string of the molecule is O[C@@H]1CC(c2ccc3ncccc3c2)Oc2ccccc21. The van der Waals surface area contributed by atoms with Gasteiger partial charge in [0.25, 0.3) is 0 Å². The van der Waals surface area contributed by atoms with Gasteiger partial charge in [0.15, 0.2) is 0 Å². The molecule has 0 bridgehead atoms. The van der Waals surface area contributed by atoms with Crippen LogP contribution in [0.2, 0.25) is 0 Å². The van der Waals surface area contributed by atoms with Gasteiger partial charge in [-0.15, -0.1) is 0 Å². The standard InChI is InChI=1S/C18H15NO2/c20-16-11-18(21-17-6-2-1-5-14(16)17)13-7-8-15-12(10-13)4-3-9-19-15/h1-10,16,18,20H,11H2/t16-,18?/m1/s1. The van der Waals surface area contributed by atoms with Crippen molar-refractivity contribution in [2.75, 3.05) is 0 Å². The Morgan fingerprint density at radius 3 is 2.90 bits per heavy atom. The molecule has 2 atom stereocenters. The van der Waals surface area contributed by atoms with Gasteiger partial charge in [-0.2, -0.15) is 0 Å². The second kappa shape index (κ2) is 4.86. The fourth-order valence-electron chi connectivity index (χ4n) is 2.89. The average molecular weight is 277 g/mol. The quantitative estimate of drug-likeness (QED) is 0.735. The van der Waals surface area contributed by atoms with E-state index in [9.17, 15) is 5.11 Å². The lowest BCUT2D eigenvalue weighted by Crippen LogP contribution is -2.18. The summed E-state index contributed by atoms with van der Waals surface area (Å²) in [6, 6.07) is 17.8. The second-order valence-corrected chi connectivity index (χ2v) is 5.35. The number of aromatic nitrogens is 1. The maximum absolute atomic E-state index is 10.3. The topological polar surface area (TPSA) is 42.4 Å². The van der Waals surface area contributed by atoms with Crippen molar-refractivity contribution in [1.29, 1.82) is 0 Å². The number of aliphatic hydroxyl groups is 1. The molecule has 3 aromatic rings. The Hall–Kier alpha value is -2.39. The zero-order valence-corrected chi connectivity index (χ0v) is 11.4. The number of rotatable bonds is 1. The lowest BCUT2D eigenvalue weighted by molar-refractivity contribution is 0.0658. The molecule has 2 aromatic carbocycles. The van der Waals surface area contributed by atoms with Crippen LogP contribution in [0.5, 0.6) is 5.75 Å². The molecule has 104 valence electrons. The van der Waals surface area contributed by atoms with Crippen LogP contribution in [-0.4, -0.2) is 10.1 Å². The molecule has 0 radical (unpaired) electrons. The molecule has 2 heterocycles. The van der Waals surface area contributed by atoms with E-state index in [0.29, 0.717) is 6.42 Å². The fourth-order valence-corrected chi connectivity index (χ4v) is 2.89. The lowest BCUT2D eigenvalue weighted by atomic mass is 9.94.